The van der Waals surface area contributed by atoms with Gasteiger partial charge in [-0.05, 0) is 36.1 Å². The molecule has 2 aromatic rings. The lowest BCUT2D eigenvalue weighted by atomic mass is 10.1. The lowest BCUT2D eigenvalue weighted by molar-refractivity contribution is -0.148. The zero-order chi connectivity index (χ0) is 15.2. The number of pyridine rings is 1. The molecule has 0 amide bonds. The Labute approximate surface area is 127 Å². The van der Waals surface area contributed by atoms with Crippen LogP contribution in [0.25, 0.3) is 0 Å². The van der Waals surface area contributed by atoms with Crippen LogP contribution in [-0.4, -0.2) is 21.8 Å². The molecule has 0 unspecified atom stereocenters. The van der Waals surface area contributed by atoms with Crippen molar-refractivity contribution in [1.29, 1.82) is 0 Å². The molecular weight excluding hydrogens is 290 g/mol. The fourth-order valence-electron chi connectivity index (χ4n) is 1.93. The molecule has 2 rings (SSSR count). The first-order valence-electron chi connectivity index (χ1n) is 6.49. The van der Waals surface area contributed by atoms with Gasteiger partial charge in [-0.2, -0.15) is 0 Å². The van der Waals surface area contributed by atoms with Gasteiger partial charge in [0.15, 0.2) is 0 Å². The van der Waals surface area contributed by atoms with E-state index in [4.69, 9.17) is 16.7 Å². The van der Waals surface area contributed by atoms with Gasteiger partial charge < -0.3 is 5.11 Å². The van der Waals surface area contributed by atoms with Crippen LogP contribution in [0, 0.1) is 0 Å². The minimum absolute atomic E-state index is 0.180. The molecule has 1 N–H and O–H groups in total. The summed E-state index contributed by atoms with van der Waals surface area (Å²) in [5, 5.41) is 9.29. The highest BCUT2D eigenvalue weighted by Crippen LogP contribution is 2.17. The van der Waals surface area contributed by atoms with E-state index in [9.17, 15) is 9.59 Å². The van der Waals surface area contributed by atoms with Crippen LogP contribution in [0.2, 0.25) is 5.02 Å². The minimum atomic E-state index is -1.43. The fraction of sp³-hybridized carbons (Fsp3) is 0.188. The largest absolute Gasteiger partial charge is 0.475 e. The number of ketones is 1. The predicted molar refractivity (Wildman–Crippen MR) is 79.4 cm³/mol. The Kier molecular flexibility index (Phi) is 5.06. The average molecular weight is 304 g/mol. The van der Waals surface area contributed by atoms with Crippen molar-refractivity contribution < 1.29 is 14.7 Å². The van der Waals surface area contributed by atoms with Crippen molar-refractivity contribution >= 4 is 23.4 Å². The number of rotatable bonds is 6. The average Bonchev–Trinajstić information content (AvgIpc) is 2.48. The second kappa shape index (κ2) is 6.99. The number of carboxylic acids is 1. The Morgan fingerprint density at radius 3 is 2.48 bits per heavy atom. The van der Waals surface area contributed by atoms with E-state index >= 15 is 0 Å². The van der Waals surface area contributed by atoms with Crippen LogP contribution in [0.4, 0.5) is 0 Å². The van der Waals surface area contributed by atoms with Crippen LogP contribution >= 0.6 is 11.6 Å². The topological polar surface area (TPSA) is 67.3 Å². The number of nitrogens with zero attached hydrogens (tertiary/aromatic N) is 1. The summed E-state index contributed by atoms with van der Waals surface area (Å²) in [5.74, 6) is -2.29. The van der Waals surface area contributed by atoms with Gasteiger partial charge in [0.1, 0.15) is 0 Å². The number of carboxylic acid groups (broad SMARTS) is 1. The van der Waals surface area contributed by atoms with Crippen molar-refractivity contribution in [3.8, 4) is 0 Å². The second-order valence-corrected chi connectivity index (χ2v) is 5.06. The first-order chi connectivity index (χ1) is 10.1. The number of aryl methyl sites for hydroxylation is 2. The molecule has 0 radical (unpaired) electrons. The Balaban J connectivity index is 1.95. The molecule has 1 aromatic carbocycles. The van der Waals surface area contributed by atoms with Crippen molar-refractivity contribution in [1.82, 2.24) is 4.98 Å². The zero-order valence-corrected chi connectivity index (χ0v) is 12.0. The molecule has 0 fully saturated rings. The zero-order valence-electron chi connectivity index (χ0n) is 11.3. The van der Waals surface area contributed by atoms with Gasteiger partial charge in [-0.15, -0.1) is 0 Å². The standard InChI is InChI=1S/C16H14ClNO3/c17-14-4-2-1-3-12(14)7-5-11-6-8-13(18-10-11)9-15(19)16(20)21/h1-4,6,8,10H,5,7,9H2,(H,20,21). The van der Waals surface area contributed by atoms with Crippen molar-refractivity contribution in [3.63, 3.8) is 0 Å². The van der Waals surface area contributed by atoms with Crippen molar-refractivity contribution in [3.05, 3.63) is 64.4 Å². The van der Waals surface area contributed by atoms with Crippen LogP contribution < -0.4 is 0 Å². The maximum Gasteiger partial charge on any atom is 0.372 e. The molecular formula is C16H14ClNO3. The molecule has 0 spiro atoms. The van der Waals surface area contributed by atoms with Crippen LogP contribution in [0.15, 0.2) is 42.6 Å². The molecule has 0 saturated carbocycles. The van der Waals surface area contributed by atoms with Crippen molar-refractivity contribution in [2.45, 2.75) is 19.3 Å². The number of hydrogen-bond acceptors (Lipinski definition) is 3. The third kappa shape index (κ3) is 4.39. The molecule has 0 atom stereocenters. The molecule has 0 aliphatic carbocycles. The van der Waals surface area contributed by atoms with Crippen LogP contribution in [0.5, 0.6) is 0 Å². The van der Waals surface area contributed by atoms with E-state index < -0.39 is 11.8 Å². The predicted octanol–water partition coefficient (Wildman–Crippen LogP) is 2.72. The monoisotopic (exact) mass is 303 g/mol. The number of carbonyl (C=O) groups is 2. The number of halogens is 1. The van der Waals surface area contributed by atoms with Gasteiger partial charge in [0, 0.05) is 16.9 Å². The van der Waals surface area contributed by atoms with Gasteiger partial charge in [-0.3, -0.25) is 9.78 Å². The highest BCUT2D eigenvalue weighted by molar-refractivity contribution is 6.33. The first kappa shape index (κ1) is 15.2. The lowest BCUT2D eigenvalue weighted by Gasteiger charge is -2.05. The number of carbonyl (C=O) groups excluding carboxylic acids is 1. The van der Waals surface area contributed by atoms with Crippen LogP contribution in [-0.2, 0) is 28.9 Å². The number of aromatic nitrogens is 1. The third-order valence-electron chi connectivity index (χ3n) is 3.11. The molecule has 0 aliphatic rings. The minimum Gasteiger partial charge on any atom is -0.475 e. The summed E-state index contributed by atoms with van der Waals surface area (Å²) in [4.78, 5) is 25.7. The number of hydrogen-bond donors (Lipinski definition) is 1. The maximum atomic E-state index is 11.1. The highest BCUT2D eigenvalue weighted by atomic mass is 35.5. The van der Waals surface area contributed by atoms with Gasteiger partial charge in [0.05, 0.1) is 6.42 Å². The van der Waals surface area contributed by atoms with E-state index in [1.807, 2.05) is 30.3 Å². The van der Waals surface area contributed by atoms with Crippen molar-refractivity contribution in [2.75, 3.05) is 0 Å². The molecule has 1 aromatic heterocycles. The molecule has 0 aliphatic heterocycles. The normalized spacial score (nSPS) is 10.3. The Morgan fingerprint density at radius 1 is 1.10 bits per heavy atom. The molecule has 0 saturated heterocycles. The maximum absolute atomic E-state index is 11.1. The molecule has 1 heterocycles. The molecule has 5 heteroatoms. The smallest absolute Gasteiger partial charge is 0.372 e. The Hall–Kier alpha value is -2.20. The molecule has 4 nitrogen and oxygen atoms in total. The molecule has 21 heavy (non-hydrogen) atoms. The van der Waals surface area contributed by atoms with E-state index in [1.54, 1.807) is 12.3 Å². The van der Waals surface area contributed by atoms with Gasteiger partial charge in [0.25, 0.3) is 0 Å². The number of aliphatic carboxylic acids is 1. The second-order valence-electron chi connectivity index (χ2n) is 4.65. The van der Waals surface area contributed by atoms with E-state index in [0.717, 1.165) is 29.0 Å². The number of benzene rings is 1. The summed E-state index contributed by atoms with van der Waals surface area (Å²) < 4.78 is 0. The Morgan fingerprint density at radius 2 is 1.86 bits per heavy atom. The van der Waals surface area contributed by atoms with Gasteiger partial charge >= 0.3 is 5.97 Å². The Bertz CT molecular complexity index is 653. The summed E-state index contributed by atoms with van der Waals surface area (Å²) in [6.45, 7) is 0. The van der Waals surface area contributed by atoms with Crippen molar-refractivity contribution in [2.24, 2.45) is 0 Å². The van der Waals surface area contributed by atoms with Gasteiger partial charge in [-0.1, -0.05) is 35.9 Å². The highest BCUT2D eigenvalue weighted by Gasteiger charge is 2.12. The summed E-state index contributed by atoms with van der Waals surface area (Å²) in [6.07, 6.45) is 3.07. The van der Waals surface area contributed by atoms with Gasteiger partial charge in [0.2, 0.25) is 5.78 Å². The summed E-state index contributed by atoms with van der Waals surface area (Å²) in [6, 6.07) is 11.2. The summed E-state index contributed by atoms with van der Waals surface area (Å²) in [5.41, 5.74) is 2.55. The van der Waals surface area contributed by atoms with E-state index in [-0.39, 0.29) is 6.42 Å². The van der Waals surface area contributed by atoms with E-state index in [1.165, 1.54) is 0 Å². The van der Waals surface area contributed by atoms with Gasteiger partial charge in [-0.25, -0.2) is 4.79 Å². The lowest BCUT2D eigenvalue weighted by Crippen LogP contribution is -2.15. The fourth-order valence-corrected chi connectivity index (χ4v) is 2.16. The first-order valence-corrected chi connectivity index (χ1v) is 6.87. The molecule has 108 valence electrons. The summed E-state index contributed by atoms with van der Waals surface area (Å²) in [7, 11) is 0. The quantitative estimate of drug-likeness (QED) is 0.833. The van der Waals surface area contributed by atoms with E-state index in [2.05, 4.69) is 4.98 Å². The SMILES string of the molecule is O=C(O)C(=O)Cc1ccc(CCc2ccccc2Cl)cn1. The van der Waals surface area contributed by atoms with Crippen LogP contribution in [0.3, 0.4) is 0 Å². The van der Waals surface area contributed by atoms with Crippen LogP contribution in [0.1, 0.15) is 16.8 Å². The third-order valence-corrected chi connectivity index (χ3v) is 3.48. The molecule has 0 bridgehead atoms. The number of Topliss-reactive ketones (excluding diaryl/α,β-unsaturated/α-hetero) is 1. The van der Waals surface area contributed by atoms with E-state index in [0.29, 0.717) is 5.69 Å². The summed E-state index contributed by atoms with van der Waals surface area (Å²) >= 11 is 6.09.